The van der Waals surface area contributed by atoms with Gasteiger partial charge in [-0.05, 0) is 29.9 Å². The maximum Gasteiger partial charge on any atom is 0.317 e. The van der Waals surface area contributed by atoms with E-state index in [-0.39, 0.29) is 11.4 Å². The second-order valence-corrected chi connectivity index (χ2v) is 8.00. The lowest BCUT2D eigenvalue weighted by atomic mass is 9.87. The number of hydrogen-bond donors (Lipinski definition) is 1. The number of ether oxygens (including phenoxy) is 1. The van der Waals surface area contributed by atoms with Gasteiger partial charge < -0.3 is 15.0 Å². The molecule has 1 aliphatic carbocycles. The van der Waals surface area contributed by atoms with Crippen LogP contribution >= 0.6 is 0 Å². The molecule has 0 aromatic heterocycles. The number of morpholine rings is 1. The van der Waals surface area contributed by atoms with Crippen LogP contribution in [0, 0.1) is 5.92 Å². The zero-order chi connectivity index (χ0) is 17.3. The average Bonchev–Trinajstić information content (AvgIpc) is 3.40. The summed E-state index contributed by atoms with van der Waals surface area (Å²) in [5.74, 6) is 0.453. The number of carbonyl (C=O) groups is 1. The molecule has 2 aliphatic heterocycles. The number of benzene rings is 1. The monoisotopic (exact) mass is 343 g/mol. The number of rotatable bonds is 4. The number of amides is 2. The minimum atomic E-state index is 0.0922. The molecule has 2 fully saturated rings. The van der Waals surface area contributed by atoms with Crippen LogP contribution in [-0.2, 0) is 16.7 Å². The first-order valence-electron chi connectivity index (χ1n) is 9.58. The molecule has 2 amide bonds. The van der Waals surface area contributed by atoms with Crippen LogP contribution in [0.1, 0.15) is 30.9 Å². The van der Waals surface area contributed by atoms with Crippen molar-refractivity contribution >= 4 is 6.03 Å². The van der Waals surface area contributed by atoms with Crippen molar-refractivity contribution in [3.8, 4) is 0 Å². The van der Waals surface area contributed by atoms with Gasteiger partial charge in [0.25, 0.3) is 0 Å². The molecular weight excluding hydrogens is 314 g/mol. The first kappa shape index (κ1) is 16.9. The van der Waals surface area contributed by atoms with Crippen molar-refractivity contribution in [2.75, 3.05) is 45.9 Å². The molecule has 1 N–H and O–H groups in total. The minimum absolute atomic E-state index is 0.0922. The number of urea groups is 1. The molecule has 2 heterocycles. The van der Waals surface area contributed by atoms with Gasteiger partial charge in [0.15, 0.2) is 0 Å². The van der Waals surface area contributed by atoms with Crippen LogP contribution in [-0.4, -0.2) is 61.8 Å². The number of carbonyl (C=O) groups excluding carboxylic acids is 1. The second-order valence-electron chi connectivity index (χ2n) is 8.00. The highest BCUT2D eigenvalue weighted by molar-refractivity contribution is 5.75. The second kappa shape index (κ2) is 6.96. The fourth-order valence-electron chi connectivity index (χ4n) is 4.27. The van der Waals surface area contributed by atoms with Crippen LogP contribution in [0.5, 0.6) is 0 Å². The molecule has 5 heteroatoms. The Labute approximate surface area is 150 Å². The van der Waals surface area contributed by atoms with Crippen molar-refractivity contribution in [1.29, 1.82) is 0 Å². The van der Waals surface area contributed by atoms with Crippen LogP contribution in [0.4, 0.5) is 4.79 Å². The summed E-state index contributed by atoms with van der Waals surface area (Å²) in [6, 6.07) is 8.73. The highest BCUT2D eigenvalue weighted by atomic mass is 16.5. The topological polar surface area (TPSA) is 44.8 Å². The van der Waals surface area contributed by atoms with Crippen molar-refractivity contribution in [1.82, 2.24) is 15.1 Å². The van der Waals surface area contributed by atoms with E-state index in [2.05, 4.69) is 41.4 Å². The molecule has 4 rings (SSSR count). The lowest BCUT2D eigenvalue weighted by Crippen LogP contribution is -2.48. The summed E-state index contributed by atoms with van der Waals surface area (Å²) in [5, 5.41) is 3.17. The lowest BCUT2D eigenvalue weighted by molar-refractivity contribution is 0.0318. The van der Waals surface area contributed by atoms with E-state index >= 15 is 0 Å². The fraction of sp³-hybridized carbons (Fsp3) is 0.650. The van der Waals surface area contributed by atoms with E-state index in [0.717, 1.165) is 52.5 Å². The molecule has 25 heavy (non-hydrogen) atoms. The molecule has 1 aromatic carbocycles. The van der Waals surface area contributed by atoms with E-state index in [9.17, 15) is 4.79 Å². The van der Waals surface area contributed by atoms with Crippen molar-refractivity contribution < 1.29 is 9.53 Å². The molecule has 1 saturated carbocycles. The summed E-state index contributed by atoms with van der Waals surface area (Å²) in [4.78, 5) is 17.1. The maximum absolute atomic E-state index is 12.7. The Bertz CT molecular complexity index is 623. The number of fused-ring (bicyclic) bond motifs is 2. The summed E-state index contributed by atoms with van der Waals surface area (Å²) >= 11 is 0. The molecule has 1 saturated heterocycles. The van der Waals surface area contributed by atoms with Crippen LogP contribution in [0.15, 0.2) is 24.3 Å². The molecule has 136 valence electrons. The van der Waals surface area contributed by atoms with E-state index < -0.39 is 0 Å². The molecule has 0 bridgehead atoms. The summed E-state index contributed by atoms with van der Waals surface area (Å²) in [7, 11) is 0. The van der Waals surface area contributed by atoms with E-state index in [0.29, 0.717) is 5.92 Å². The molecule has 1 atom stereocenters. The zero-order valence-electron chi connectivity index (χ0n) is 15.2. The maximum atomic E-state index is 12.7. The van der Waals surface area contributed by atoms with Gasteiger partial charge in [0, 0.05) is 44.7 Å². The van der Waals surface area contributed by atoms with Gasteiger partial charge in [0.05, 0.1) is 13.2 Å². The van der Waals surface area contributed by atoms with Gasteiger partial charge in [0.2, 0.25) is 0 Å². The first-order valence-corrected chi connectivity index (χ1v) is 9.58. The third-order valence-corrected chi connectivity index (χ3v) is 5.86. The van der Waals surface area contributed by atoms with Crippen LogP contribution in [0.2, 0.25) is 0 Å². The SMILES string of the molecule is CC(CNC(=O)N1Cc2ccccc2C2(CC2)C1)CN1CCOCC1. The van der Waals surface area contributed by atoms with Gasteiger partial charge in [-0.2, -0.15) is 0 Å². The largest absolute Gasteiger partial charge is 0.379 e. The predicted molar refractivity (Wildman–Crippen MR) is 97.6 cm³/mol. The van der Waals surface area contributed by atoms with E-state index in [4.69, 9.17) is 4.74 Å². The van der Waals surface area contributed by atoms with Crippen molar-refractivity contribution in [3.05, 3.63) is 35.4 Å². The van der Waals surface area contributed by atoms with E-state index in [1.807, 2.05) is 4.90 Å². The normalized spacial score (nSPS) is 23.2. The van der Waals surface area contributed by atoms with Crippen molar-refractivity contribution in [3.63, 3.8) is 0 Å². The van der Waals surface area contributed by atoms with Crippen LogP contribution in [0.3, 0.4) is 0 Å². The zero-order valence-corrected chi connectivity index (χ0v) is 15.2. The Kier molecular flexibility index (Phi) is 4.69. The van der Waals surface area contributed by atoms with Gasteiger partial charge in [-0.3, -0.25) is 4.90 Å². The van der Waals surface area contributed by atoms with Gasteiger partial charge in [0.1, 0.15) is 0 Å². The molecule has 1 spiro atoms. The molecular formula is C20H29N3O2. The predicted octanol–water partition coefficient (Wildman–Crippen LogP) is 2.21. The highest BCUT2D eigenvalue weighted by Gasteiger charge is 2.49. The molecule has 0 radical (unpaired) electrons. The molecule has 5 nitrogen and oxygen atoms in total. The summed E-state index contributed by atoms with van der Waals surface area (Å²) in [6.07, 6.45) is 2.42. The molecule has 1 aromatic rings. The van der Waals surface area contributed by atoms with Crippen LogP contribution < -0.4 is 5.32 Å². The van der Waals surface area contributed by atoms with Gasteiger partial charge in [-0.25, -0.2) is 4.79 Å². The number of hydrogen-bond acceptors (Lipinski definition) is 3. The quantitative estimate of drug-likeness (QED) is 0.912. The van der Waals surface area contributed by atoms with Gasteiger partial charge in [-0.1, -0.05) is 31.2 Å². The molecule has 1 unspecified atom stereocenters. The summed E-state index contributed by atoms with van der Waals surface area (Å²) in [5.41, 5.74) is 3.04. The van der Waals surface area contributed by atoms with Crippen molar-refractivity contribution in [2.45, 2.75) is 31.7 Å². The molecule has 3 aliphatic rings. The minimum Gasteiger partial charge on any atom is -0.379 e. The van der Waals surface area contributed by atoms with Crippen LogP contribution in [0.25, 0.3) is 0 Å². The Morgan fingerprint density at radius 3 is 2.80 bits per heavy atom. The standard InChI is InChI=1S/C20H29N3O2/c1-16(13-22-8-10-25-11-9-22)12-21-19(24)23-14-17-4-2-3-5-18(17)20(15-23)6-7-20/h2-5,16H,6-15H2,1H3,(H,21,24). The number of nitrogens with zero attached hydrogens (tertiary/aromatic N) is 2. The average molecular weight is 343 g/mol. The van der Waals surface area contributed by atoms with E-state index in [1.54, 1.807) is 0 Å². The Morgan fingerprint density at radius 2 is 2.04 bits per heavy atom. The van der Waals surface area contributed by atoms with Gasteiger partial charge >= 0.3 is 6.03 Å². The Balaban J connectivity index is 1.30. The first-order chi connectivity index (χ1) is 12.2. The Hall–Kier alpha value is -1.59. The lowest BCUT2D eigenvalue weighted by Gasteiger charge is -2.35. The fourth-order valence-corrected chi connectivity index (χ4v) is 4.27. The van der Waals surface area contributed by atoms with Crippen molar-refractivity contribution in [2.24, 2.45) is 5.92 Å². The van der Waals surface area contributed by atoms with Gasteiger partial charge in [-0.15, -0.1) is 0 Å². The highest BCUT2D eigenvalue weighted by Crippen LogP contribution is 2.52. The summed E-state index contributed by atoms with van der Waals surface area (Å²) < 4.78 is 5.39. The third kappa shape index (κ3) is 3.67. The smallest absolute Gasteiger partial charge is 0.317 e. The third-order valence-electron chi connectivity index (χ3n) is 5.86. The number of nitrogens with one attached hydrogen (secondary N) is 1. The van der Waals surface area contributed by atoms with E-state index in [1.165, 1.54) is 24.0 Å². The summed E-state index contributed by atoms with van der Waals surface area (Å²) in [6.45, 7) is 9.24. The Morgan fingerprint density at radius 1 is 1.28 bits per heavy atom.